The smallest absolute Gasteiger partial charge is 0.462 e. The van der Waals surface area contributed by atoms with Crippen LogP contribution in [0.5, 0.6) is 0 Å². The van der Waals surface area contributed by atoms with Gasteiger partial charge in [0.1, 0.15) is 19.3 Å². The second-order valence-corrected chi connectivity index (χ2v) is 30.7. The quantitative estimate of drug-likeness (QED) is 0.0222. The minimum Gasteiger partial charge on any atom is -0.462 e. The lowest BCUT2D eigenvalue weighted by Gasteiger charge is -2.21. The van der Waals surface area contributed by atoms with E-state index in [0.29, 0.717) is 25.7 Å². The first-order chi connectivity index (χ1) is 44.2. The van der Waals surface area contributed by atoms with E-state index in [-0.39, 0.29) is 25.7 Å². The zero-order chi connectivity index (χ0) is 68.0. The molecule has 0 aliphatic carbocycles. The SMILES string of the molecule is CCCCCCCCCCC(=O)OC[C@H](COP(=O)(O)OC[C@H](O)COP(=O)(O)OC[C@@H](COC(=O)CCCCCCCCCCCC(C)C)OC(=O)CCCCCCCCCCCCCCCCCCCCC(C)C)OC(=O)CCCCCCCCCCC(C)C. The molecule has 546 valence electrons. The molecule has 0 aromatic heterocycles. The number of aliphatic hydroxyl groups excluding tert-OH is 1. The summed E-state index contributed by atoms with van der Waals surface area (Å²) in [5, 5.41) is 10.6. The molecular weight excluding hydrogens is 1210 g/mol. The number of ether oxygens (including phenoxy) is 4. The van der Waals surface area contributed by atoms with Crippen molar-refractivity contribution in [3.05, 3.63) is 0 Å². The van der Waals surface area contributed by atoms with Crippen molar-refractivity contribution >= 4 is 39.5 Å². The van der Waals surface area contributed by atoms with Crippen LogP contribution in [0.2, 0.25) is 0 Å². The van der Waals surface area contributed by atoms with Crippen molar-refractivity contribution in [2.45, 2.75) is 388 Å². The Kier molecular flexibility index (Phi) is 62.4. The summed E-state index contributed by atoms with van der Waals surface area (Å²) in [4.78, 5) is 72.5. The Labute approximate surface area is 562 Å². The van der Waals surface area contributed by atoms with E-state index >= 15 is 0 Å². The van der Waals surface area contributed by atoms with Crippen LogP contribution in [-0.4, -0.2) is 96.7 Å². The highest BCUT2D eigenvalue weighted by molar-refractivity contribution is 7.47. The lowest BCUT2D eigenvalue weighted by Crippen LogP contribution is -2.30. The molecule has 0 saturated carbocycles. The Morgan fingerprint density at radius 1 is 0.293 bits per heavy atom. The first-order valence-electron chi connectivity index (χ1n) is 37.8. The number of aliphatic hydroxyl groups is 1. The zero-order valence-corrected chi connectivity index (χ0v) is 61.8. The van der Waals surface area contributed by atoms with Crippen LogP contribution in [0.1, 0.15) is 370 Å². The molecule has 0 aromatic carbocycles. The highest BCUT2D eigenvalue weighted by Crippen LogP contribution is 2.45. The molecule has 3 N–H and O–H groups in total. The highest BCUT2D eigenvalue weighted by Gasteiger charge is 2.30. The molecule has 0 amide bonds. The Balaban J connectivity index is 5.16. The molecule has 0 aliphatic heterocycles. The van der Waals surface area contributed by atoms with Crippen molar-refractivity contribution in [3.8, 4) is 0 Å². The van der Waals surface area contributed by atoms with E-state index in [1.807, 2.05) is 0 Å². The van der Waals surface area contributed by atoms with Crippen molar-refractivity contribution in [1.82, 2.24) is 0 Å². The van der Waals surface area contributed by atoms with Crippen LogP contribution in [0.15, 0.2) is 0 Å². The molecule has 0 aliphatic rings. The van der Waals surface area contributed by atoms with Crippen LogP contribution in [-0.2, 0) is 65.4 Å². The highest BCUT2D eigenvalue weighted by atomic mass is 31.2. The maximum Gasteiger partial charge on any atom is 0.472 e. The second kappa shape index (κ2) is 63.8. The van der Waals surface area contributed by atoms with Gasteiger partial charge in [-0.15, -0.1) is 0 Å². The van der Waals surface area contributed by atoms with Crippen LogP contribution in [0, 0.1) is 17.8 Å². The maximum absolute atomic E-state index is 13.0. The predicted molar refractivity (Wildman–Crippen MR) is 372 cm³/mol. The van der Waals surface area contributed by atoms with Gasteiger partial charge in [0.15, 0.2) is 12.2 Å². The average molecular weight is 1350 g/mol. The molecule has 0 rings (SSSR count). The second-order valence-electron chi connectivity index (χ2n) is 27.8. The van der Waals surface area contributed by atoms with E-state index in [4.69, 9.17) is 37.0 Å². The molecule has 0 spiro atoms. The van der Waals surface area contributed by atoms with Crippen molar-refractivity contribution in [3.63, 3.8) is 0 Å². The van der Waals surface area contributed by atoms with Gasteiger partial charge in [0.2, 0.25) is 0 Å². The molecule has 0 heterocycles. The fourth-order valence-electron chi connectivity index (χ4n) is 11.1. The van der Waals surface area contributed by atoms with E-state index in [9.17, 15) is 43.2 Å². The van der Waals surface area contributed by atoms with E-state index < -0.39 is 97.5 Å². The standard InChI is InChI=1S/C73H142O17P2/c1-8-9-10-11-12-33-40-47-54-70(75)83-60-68(90-73(78)57-50-43-36-29-28-32-39-46-53-66(6)7)62-87-91(79,80)85-58-67(74)59-86-92(81,82)88-63-69(61-84-71(76)55-48-41-34-27-23-25-31-38-45-52-65(4)5)89-72(77)56-49-42-35-26-22-20-18-16-14-13-15-17-19-21-24-30-37-44-51-64(2)3/h64-69,74H,8-63H2,1-7H3,(H,79,80)(H,81,82)/t67-,68+,69+/m0/s1. The van der Waals surface area contributed by atoms with Gasteiger partial charge in [-0.25, -0.2) is 9.13 Å². The first kappa shape index (κ1) is 90.1. The number of hydrogen-bond donors (Lipinski definition) is 3. The molecule has 17 nitrogen and oxygen atoms in total. The summed E-state index contributed by atoms with van der Waals surface area (Å²) >= 11 is 0. The fourth-order valence-corrected chi connectivity index (χ4v) is 12.7. The van der Waals surface area contributed by atoms with Gasteiger partial charge in [-0.3, -0.25) is 37.3 Å². The van der Waals surface area contributed by atoms with E-state index in [0.717, 1.165) is 114 Å². The van der Waals surface area contributed by atoms with Gasteiger partial charge in [0.05, 0.1) is 26.4 Å². The zero-order valence-electron chi connectivity index (χ0n) is 60.0. The summed E-state index contributed by atoms with van der Waals surface area (Å²) in [6, 6.07) is 0. The van der Waals surface area contributed by atoms with Crippen molar-refractivity contribution < 1.29 is 80.2 Å². The molecule has 0 bridgehead atoms. The number of carbonyl (C=O) groups is 4. The Morgan fingerprint density at radius 2 is 0.500 bits per heavy atom. The summed E-state index contributed by atoms with van der Waals surface area (Å²) in [5.74, 6) is 0.155. The van der Waals surface area contributed by atoms with E-state index in [1.54, 1.807) is 0 Å². The van der Waals surface area contributed by atoms with Gasteiger partial charge in [-0.2, -0.15) is 0 Å². The minimum atomic E-state index is -4.95. The third-order valence-corrected chi connectivity index (χ3v) is 18.8. The van der Waals surface area contributed by atoms with Crippen LogP contribution in [0.4, 0.5) is 0 Å². The molecule has 19 heteroatoms. The Morgan fingerprint density at radius 3 is 0.739 bits per heavy atom. The van der Waals surface area contributed by atoms with Gasteiger partial charge in [0.25, 0.3) is 0 Å². The minimum absolute atomic E-state index is 0.104. The number of unbranched alkanes of at least 4 members (excludes halogenated alkanes) is 39. The Hall–Kier alpha value is -1.94. The van der Waals surface area contributed by atoms with Gasteiger partial charge in [-0.1, -0.05) is 318 Å². The molecule has 0 aromatic rings. The molecule has 2 unspecified atom stereocenters. The summed E-state index contributed by atoms with van der Waals surface area (Å²) in [7, 11) is -9.90. The average Bonchev–Trinajstić information content (AvgIpc) is 3.14. The molecular formula is C73H142O17P2. The number of rotatable bonds is 71. The summed E-state index contributed by atoms with van der Waals surface area (Å²) < 4.78 is 68.3. The van der Waals surface area contributed by atoms with Crippen LogP contribution in [0.25, 0.3) is 0 Å². The monoisotopic (exact) mass is 1350 g/mol. The molecule has 0 radical (unpaired) electrons. The summed E-state index contributed by atoms with van der Waals surface area (Å²) in [6.07, 6.45) is 48.8. The number of phosphoric acid groups is 2. The number of phosphoric ester groups is 2. The number of carbonyl (C=O) groups excluding carboxylic acids is 4. The molecule has 0 fully saturated rings. The van der Waals surface area contributed by atoms with Crippen molar-refractivity contribution in [2.24, 2.45) is 17.8 Å². The van der Waals surface area contributed by atoms with Gasteiger partial charge in [-0.05, 0) is 43.4 Å². The topological polar surface area (TPSA) is 237 Å². The van der Waals surface area contributed by atoms with Crippen LogP contribution < -0.4 is 0 Å². The van der Waals surface area contributed by atoms with Gasteiger partial charge < -0.3 is 33.8 Å². The third kappa shape index (κ3) is 66.7. The molecule has 5 atom stereocenters. The lowest BCUT2D eigenvalue weighted by atomic mass is 10.0. The summed E-state index contributed by atoms with van der Waals surface area (Å²) in [5.41, 5.74) is 0. The largest absolute Gasteiger partial charge is 0.472 e. The third-order valence-electron chi connectivity index (χ3n) is 16.9. The lowest BCUT2D eigenvalue weighted by molar-refractivity contribution is -0.161. The predicted octanol–water partition coefficient (Wildman–Crippen LogP) is 21.0. The first-order valence-corrected chi connectivity index (χ1v) is 40.8. The molecule has 0 saturated heterocycles. The number of hydrogen-bond acceptors (Lipinski definition) is 15. The van der Waals surface area contributed by atoms with Gasteiger partial charge >= 0.3 is 39.5 Å². The Bertz CT molecular complexity index is 1800. The fraction of sp³-hybridized carbons (Fsp3) is 0.945. The van der Waals surface area contributed by atoms with Crippen LogP contribution in [0.3, 0.4) is 0 Å². The van der Waals surface area contributed by atoms with Crippen molar-refractivity contribution in [1.29, 1.82) is 0 Å². The maximum atomic E-state index is 13.0. The summed E-state index contributed by atoms with van der Waals surface area (Å²) in [6.45, 7) is 11.8. The van der Waals surface area contributed by atoms with E-state index in [2.05, 4.69) is 48.5 Å². The van der Waals surface area contributed by atoms with Crippen molar-refractivity contribution in [2.75, 3.05) is 39.6 Å². The van der Waals surface area contributed by atoms with Gasteiger partial charge in [0, 0.05) is 25.7 Å². The normalized spacial score (nSPS) is 14.1. The number of esters is 4. The van der Waals surface area contributed by atoms with Crippen LogP contribution >= 0.6 is 15.6 Å². The van der Waals surface area contributed by atoms with E-state index in [1.165, 1.54) is 173 Å². The molecule has 92 heavy (non-hydrogen) atoms.